The molecular formula is C17H17Cl3N2O2S. The van der Waals surface area contributed by atoms with Crippen molar-refractivity contribution in [1.82, 2.24) is 4.98 Å². The molecule has 2 aromatic rings. The molecule has 0 N–H and O–H groups in total. The van der Waals surface area contributed by atoms with Crippen LogP contribution in [0.1, 0.15) is 15.2 Å². The third-order valence-corrected chi connectivity index (χ3v) is 5.16. The molecule has 0 aliphatic carbocycles. The van der Waals surface area contributed by atoms with Gasteiger partial charge in [-0.3, -0.25) is 4.79 Å². The first-order valence-corrected chi connectivity index (χ1v) is 9.75. The maximum atomic E-state index is 12.2. The van der Waals surface area contributed by atoms with Crippen LogP contribution in [-0.4, -0.2) is 42.7 Å². The Morgan fingerprint density at radius 1 is 1.24 bits per heavy atom. The van der Waals surface area contributed by atoms with Crippen LogP contribution in [0.5, 0.6) is 5.75 Å². The van der Waals surface area contributed by atoms with E-state index in [2.05, 4.69) is 4.98 Å². The van der Waals surface area contributed by atoms with E-state index in [9.17, 15) is 4.79 Å². The van der Waals surface area contributed by atoms with E-state index in [4.69, 9.17) is 39.5 Å². The number of benzene rings is 1. The Hall–Kier alpha value is -1.27. The fourth-order valence-electron chi connectivity index (χ4n) is 2.05. The van der Waals surface area contributed by atoms with Crippen LogP contribution >= 0.6 is 46.1 Å². The summed E-state index contributed by atoms with van der Waals surface area (Å²) < 4.78 is 5.08. The minimum absolute atomic E-state index is 0.118. The second-order valence-electron chi connectivity index (χ2n) is 4.94. The van der Waals surface area contributed by atoms with Gasteiger partial charge in [0, 0.05) is 30.4 Å². The number of halogens is 3. The number of ether oxygens (including phenoxy) is 1. The number of thiazole rings is 1. The molecule has 4 nitrogen and oxygen atoms in total. The van der Waals surface area contributed by atoms with Crippen molar-refractivity contribution in [2.24, 2.45) is 0 Å². The molecule has 1 heterocycles. The number of hydrogen-bond donors (Lipinski definition) is 0. The van der Waals surface area contributed by atoms with Gasteiger partial charge in [0.15, 0.2) is 10.9 Å². The van der Waals surface area contributed by atoms with E-state index in [1.54, 1.807) is 37.5 Å². The first-order valence-electron chi connectivity index (χ1n) is 7.48. The summed E-state index contributed by atoms with van der Waals surface area (Å²) in [6.07, 6.45) is 3.16. The van der Waals surface area contributed by atoms with Crippen LogP contribution in [0.2, 0.25) is 5.15 Å². The number of methoxy groups -OCH3 is 1. The highest BCUT2D eigenvalue weighted by molar-refractivity contribution is 7.17. The lowest BCUT2D eigenvalue weighted by Crippen LogP contribution is -2.27. The number of aromatic nitrogens is 1. The quantitative estimate of drug-likeness (QED) is 0.326. The molecular weight excluding hydrogens is 403 g/mol. The van der Waals surface area contributed by atoms with Gasteiger partial charge in [0.05, 0.1) is 12.0 Å². The average Bonchev–Trinajstić information content (AvgIpc) is 3.00. The second kappa shape index (κ2) is 10.0. The smallest absolute Gasteiger partial charge is 0.187 e. The molecule has 0 bridgehead atoms. The number of nitrogens with zero attached hydrogens (tertiary/aromatic N) is 2. The Labute approximate surface area is 166 Å². The van der Waals surface area contributed by atoms with Crippen molar-refractivity contribution in [2.45, 2.75) is 0 Å². The average molecular weight is 420 g/mol. The Bertz CT molecular complexity index is 726. The molecule has 0 aliphatic heterocycles. The van der Waals surface area contributed by atoms with E-state index in [0.29, 0.717) is 46.2 Å². The summed E-state index contributed by atoms with van der Waals surface area (Å²) in [5.41, 5.74) is 0.573. The first kappa shape index (κ1) is 20.0. The highest BCUT2D eigenvalue weighted by Crippen LogP contribution is 2.31. The lowest BCUT2D eigenvalue weighted by atomic mass is 10.1. The normalized spacial score (nSPS) is 11.0. The lowest BCUT2D eigenvalue weighted by molar-refractivity contribution is 0.104. The fourth-order valence-corrected chi connectivity index (χ4v) is 3.68. The summed E-state index contributed by atoms with van der Waals surface area (Å²) in [6, 6.07) is 6.92. The van der Waals surface area contributed by atoms with Gasteiger partial charge in [-0.25, -0.2) is 4.98 Å². The predicted octanol–water partition coefficient (Wildman–Crippen LogP) is 4.99. The standard InChI is InChI=1S/C17H17Cl3N2O2S/c1-24-13-4-2-12(3-5-13)14(23)6-7-15-16(20)21-17(25-15)22(10-8-18)11-9-19/h2-7H,8-11H2,1H3/b7-6+. The number of carbonyl (C=O) groups excluding carboxylic acids is 1. The van der Waals surface area contributed by atoms with Gasteiger partial charge in [0.2, 0.25) is 0 Å². The minimum Gasteiger partial charge on any atom is -0.497 e. The molecule has 0 atom stereocenters. The molecule has 25 heavy (non-hydrogen) atoms. The number of allylic oxidation sites excluding steroid dienone is 1. The number of anilines is 1. The number of hydrogen-bond acceptors (Lipinski definition) is 5. The van der Waals surface area contributed by atoms with Crippen molar-refractivity contribution in [1.29, 1.82) is 0 Å². The zero-order chi connectivity index (χ0) is 18.2. The maximum absolute atomic E-state index is 12.2. The van der Waals surface area contributed by atoms with Crippen LogP contribution in [0.4, 0.5) is 5.13 Å². The van der Waals surface area contributed by atoms with Crippen molar-refractivity contribution < 1.29 is 9.53 Å². The minimum atomic E-state index is -0.118. The van der Waals surface area contributed by atoms with Gasteiger partial charge >= 0.3 is 0 Å². The summed E-state index contributed by atoms with van der Waals surface area (Å²) in [6.45, 7) is 1.26. The molecule has 134 valence electrons. The number of alkyl halides is 2. The highest BCUT2D eigenvalue weighted by Gasteiger charge is 2.14. The van der Waals surface area contributed by atoms with Crippen LogP contribution in [-0.2, 0) is 0 Å². The first-order chi connectivity index (χ1) is 12.1. The summed E-state index contributed by atoms with van der Waals surface area (Å²) in [4.78, 5) is 19.3. The van der Waals surface area contributed by atoms with Crippen LogP contribution in [0, 0.1) is 0 Å². The van der Waals surface area contributed by atoms with E-state index in [-0.39, 0.29) is 5.78 Å². The van der Waals surface area contributed by atoms with Crippen LogP contribution in [0.15, 0.2) is 30.3 Å². The third kappa shape index (κ3) is 5.61. The molecule has 0 fully saturated rings. The monoisotopic (exact) mass is 418 g/mol. The van der Waals surface area contributed by atoms with Gasteiger partial charge in [0.25, 0.3) is 0 Å². The number of ketones is 1. The predicted molar refractivity (Wildman–Crippen MR) is 107 cm³/mol. The van der Waals surface area contributed by atoms with Crippen LogP contribution in [0.25, 0.3) is 6.08 Å². The molecule has 8 heteroatoms. The van der Waals surface area contributed by atoms with Crippen LogP contribution < -0.4 is 9.64 Å². The summed E-state index contributed by atoms with van der Waals surface area (Å²) in [5, 5.41) is 1.09. The fraction of sp³-hybridized carbons (Fsp3) is 0.294. The van der Waals surface area contributed by atoms with Crippen molar-refractivity contribution in [3.05, 3.63) is 45.9 Å². The Kier molecular flexibility index (Phi) is 8.03. The molecule has 0 unspecified atom stereocenters. The van der Waals surface area contributed by atoms with Crippen molar-refractivity contribution in [3.8, 4) is 5.75 Å². The van der Waals surface area contributed by atoms with E-state index in [0.717, 1.165) is 5.13 Å². The topological polar surface area (TPSA) is 42.4 Å². The molecule has 0 spiro atoms. The largest absolute Gasteiger partial charge is 0.497 e. The van der Waals surface area contributed by atoms with E-state index >= 15 is 0 Å². The lowest BCUT2D eigenvalue weighted by Gasteiger charge is -2.18. The molecule has 0 amide bonds. The SMILES string of the molecule is COc1ccc(C(=O)/C=C/c2sc(N(CCCl)CCCl)nc2Cl)cc1. The molecule has 0 saturated carbocycles. The Morgan fingerprint density at radius 2 is 1.88 bits per heavy atom. The molecule has 1 aromatic heterocycles. The number of carbonyl (C=O) groups is 1. The Balaban J connectivity index is 2.13. The summed E-state index contributed by atoms with van der Waals surface area (Å²) in [7, 11) is 1.58. The van der Waals surface area contributed by atoms with Crippen LogP contribution in [0.3, 0.4) is 0 Å². The van der Waals surface area contributed by atoms with E-state index in [1.165, 1.54) is 17.4 Å². The van der Waals surface area contributed by atoms with Crippen molar-refractivity contribution in [2.75, 3.05) is 36.9 Å². The maximum Gasteiger partial charge on any atom is 0.187 e. The highest BCUT2D eigenvalue weighted by atomic mass is 35.5. The molecule has 0 aliphatic rings. The molecule has 0 saturated heterocycles. The third-order valence-electron chi connectivity index (χ3n) is 3.34. The van der Waals surface area contributed by atoms with E-state index in [1.807, 2.05) is 4.90 Å². The van der Waals surface area contributed by atoms with Gasteiger partial charge in [-0.05, 0) is 36.4 Å². The van der Waals surface area contributed by atoms with Gasteiger partial charge in [-0.1, -0.05) is 22.9 Å². The van der Waals surface area contributed by atoms with Gasteiger partial charge < -0.3 is 9.64 Å². The number of rotatable bonds is 9. The van der Waals surface area contributed by atoms with Gasteiger partial charge in [0.1, 0.15) is 10.9 Å². The van der Waals surface area contributed by atoms with Crippen molar-refractivity contribution >= 4 is 63.1 Å². The van der Waals surface area contributed by atoms with Gasteiger partial charge in [-0.15, -0.1) is 23.2 Å². The molecule has 0 radical (unpaired) electrons. The van der Waals surface area contributed by atoms with E-state index < -0.39 is 0 Å². The summed E-state index contributed by atoms with van der Waals surface area (Å²) >= 11 is 19.2. The molecule has 2 rings (SSSR count). The summed E-state index contributed by atoms with van der Waals surface area (Å²) in [5.74, 6) is 1.52. The van der Waals surface area contributed by atoms with Gasteiger partial charge in [-0.2, -0.15) is 0 Å². The van der Waals surface area contributed by atoms with Crippen molar-refractivity contribution in [3.63, 3.8) is 0 Å². The Morgan fingerprint density at radius 3 is 2.44 bits per heavy atom. The zero-order valence-electron chi connectivity index (χ0n) is 13.5. The second-order valence-corrected chi connectivity index (χ2v) is 7.07. The zero-order valence-corrected chi connectivity index (χ0v) is 16.6. The molecule has 1 aromatic carbocycles.